The Bertz CT molecular complexity index is 1460. The maximum Gasteiger partial charge on any atom is 0.167 e. The zero-order valence-corrected chi connectivity index (χ0v) is 31.0. The van der Waals surface area contributed by atoms with Crippen LogP contribution in [0.2, 0.25) is 0 Å². The summed E-state index contributed by atoms with van der Waals surface area (Å²) in [5.74, 6) is -1.06. The highest BCUT2D eigenvalue weighted by molar-refractivity contribution is 5.02. The molecular weight excluding hydrogens is 678 g/mol. The summed E-state index contributed by atoms with van der Waals surface area (Å²) >= 11 is 0. The highest BCUT2D eigenvalue weighted by Gasteiger charge is 2.53. The molecule has 52 heavy (non-hydrogen) atoms. The van der Waals surface area contributed by atoms with E-state index in [0.29, 0.717) is 12.8 Å². The molecule has 0 aromatic carbocycles. The summed E-state index contributed by atoms with van der Waals surface area (Å²) in [7, 11) is 0. The Morgan fingerprint density at radius 2 is 0.981 bits per heavy atom. The fraction of sp³-hybridized carbons (Fsp3) is 1.00. The van der Waals surface area contributed by atoms with Gasteiger partial charge in [0.05, 0.1) is 61.3 Å². The van der Waals surface area contributed by atoms with Gasteiger partial charge >= 0.3 is 0 Å². The molecule has 19 unspecified atom stereocenters. The molecule has 4 fully saturated rings. The van der Waals surface area contributed by atoms with Crippen molar-refractivity contribution >= 4 is 0 Å². The van der Waals surface area contributed by atoms with Crippen molar-refractivity contribution in [3.63, 3.8) is 0 Å². The Morgan fingerprint density at radius 1 is 0.500 bits per heavy atom. The van der Waals surface area contributed by atoms with Crippen molar-refractivity contribution in [2.75, 3.05) is 6.54 Å². The minimum Gasteiger partial charge on any atom is -0.349 e. The average molecular weight is 730 g/mol. The highest BCUT2D eigenvalue weighted by Crippen LogP contribution is 2.43. The second-order valence-corrected chi connectivity index (χ2v) is 14.5. The van der Waals surface area contributed by atoms with Gasteiger partial charge in [0.1, 0.15) is 0 Å². The van der Waals surface area contributed by atoms with Gasteiger partial charge in [0, 0.05) is 36.5 Å². The summed E-state index contributed by atoms with van der Waals surface area (Å²) < 4.78 is 39.2. The topological polar surface area (TPSA) is 299 Å². The van der Waals surface area contributed by atoms with Gasteiger partial charge in [-0.2, -0.15) is 0 Å². The van der Waals surface area contributed by atoms with E-state index < -0.39 is 85.4 Å². The van der Waals surface area contributed by atoms with Crippen LogP contribution in [0.15, 0.2) is 25.6 Å². The molecule has 1 saturated carbocycles. The molecule has 3 heterocycles. The highest BCUT2D eigenvalue weighted by atomic mass is 16.7. The van der Waals surface area contributed by atoms with Crippen molar-refractivity contribution in [1.82, 2.24) is 0 Å². The van der Waals surface area contributed by atoms with Gasteiger partial charge in [0.15, 0.2) is 18.9 Å². The van der Waals surface area contributed by atoms with Gasteiger partial charge in [-0.05, 0) is 76.5 Å². The van der Waals surface area contributed by atoms with Crippen molar-refractivity contribution in [2.24, 2.45) is 61.1 Å². The molecule has 0 aromatic heterocycles. The third kappa shape index (κ3) is 8.74. The molecule has 0 aromatic rings. The van der Waals surface area contributed by atoms with Gasteiger partial charge in [0.25, 0.3) is 0 Å². The molecule has 0 amide bonds. The zero-order chi connectivity index (χ0) is 38.1. The number of nitrogens with zero attached hydrogens (tertiary/aromatic N) is 15. The Morgan fingerprint density at radius 3 is 1.52 bits per heavy atom. The maximum absolute atomic E-state index is 9.60. The van der Waals surface area contributed by atoms with Crippen LogP contribution >= 0.6 is 0 Å². The standard InChI is InChI=1S/C31H51N15O6/c1-9-21-13(3)15(5)24(40-45-35)30(47-21)52-28-20(39-44-34)11-19(38-43-33)17(7)27(28)51-29-18(8)26(22(10-2)48-29)50-31-25(41-46-36)16(6)14(4)23(49-31)12-37-42-32/h13-31H,9-12H2,1-8H3. The van der Waals surface area contributed by atoms with E-state index >= 15 is 0 Å². The zero-order valence-electron chi connectivity index (χ0n) is 31.0. The van der Waals surface area contributed by atoms with E-state index in [1.807, 2.05) is 55.4 Å². The maximum atomic E-state index is 9.60. The smallest absolute Gasteiger partial charge is 0.167 e. The molecule has 0 N–H and O–H groups in total. The number of hydrogen-bond donors (Lipinski definition) is 0. The summed E-state index contributed by atoms with van der Waals surface area (Å²) in [4.78, 5) is 15.2. The van der Waals surface area contributed by atoms with Crippen LogP contribution in [0.4, 0.5) is 0 Å². The molecule has 3 aliphatic heterocycles. The third-order valence-electron chi connectivity index (χ3n) is 11.8. The first-order valence-electron chi connectivity index (χ1n) is 18.1. The van der Waals surface area contributed by atoms with Crippen molar-refractivity contribution < 1.29 is 28.4 Å². The van der Waals surface area contributed by atoms with Crippen molar-refractivity contribution in [2.45, 2.75) is 154 Å². The van der Waals surface area contributed by atoms with Crippen molar-refractivity contribution in [3.05, 3.63) is 52.2 Å². The first kappa shape index (κ1) is 41.1. The number of ether oxygens (including phenoxy) is 6. The largest absolute Gasteiger partial charge is 0.349 e. The molecule has 21 heteroatoms. The Balaban J connectivity index is 1.65. The van der Waals surface area contributed by atoms with Crippen LogP contribution in [-0.2, 0) is 28.4 Å². The number of hydrogen-bond acceptors (Lipinski definition) is 11. The summed E-state index contributed by atoms with van der Waals surface area (Å²) in [5.41, 5.74) is 46.8. The van der Waals surface area contributed by atoms with Gasteiger partial charge in [-0.3, -0.25) is 0 Å². The van der Waals surface area contributed by atoms with Gasteiger partial charge < -0.3 is 28.4 Å². The Hall–Kier alpha value is -3.69. The second-order valence-electron chi connectivity index (χ2n) is 14.5. The van der Waals surface area contributed by atoms with Crippen LogP contribution in [0.5, 0.6) is 0 Å². The van der Waals surface area contributed by atoms with E-state index in [9.17, 15) is 22.1 Å². The fourth-order valence-corrected chi connectivity index (χ4v) is 8.13. The predicted octanol–water partition coefficient (Wildman–Crippen LogP) is 8.38. The Labute approximate surface area is 302 Å². The van der Waals surface area contributed by atoms with Crippen LogP contribution in [0.3, 0.4) is 0 Å². The van der Waals surface area contributed by atoms with Gasteiger partial charge in [-0.25, -0.2) is 0 Å². The van der Waals surface area contributed by atoms with E-state index in [2.05, 4.69) is 50.1 Å². The van der Waals surface area contributed by atoms with E-state index in [1.54, 1.807) is 0 Å². The molecule has 21 nitrogen and oxygen atoms in total. The monoisotopic (exact) mass is 729 g/mol. The lowest BCUT2D eigenvalue weighted by Gasteiger charge is -2.48. The van der Waals surface area contributed by atoms with E-state index in [0.717, 1.165) is 0 Å². The molecule has 0 spiro atoms. The SMILES string of the molecule is CCC1OC(OC2C(N=[N+]=[N-])CC(N=[N+]=[N-])C(C)C2OC2OC(CC)C(OC3OC(CN=[N+]=[N-])C(C)C(C)C3N=[N+]=[N-])C2C)C(N=[N+]=[N-])C(C)C1C. The minimum absolute atomic E-state index is 0.0801. The van der Waals surface area contributed by atoms with Crippen LogP contribution in [0.25, 0.3) is 52.2 Å². The minimum atomic E-state index is -0.965. The van der Waals surface area contributed by atoms with Crippen LogP contribution in [0, 0.1) is 35.5 Å². The molecule has 19 atom stereocenters. The lowest BCUT2D eigenvalue weighted by atomic mass is 9.78. The number of azide groups is 5. The predicted molar refractivity (Wildman–Crippen MR) is 187 cm³/mol. The summed E-state index contributed by atoms with van der Waals surface area (Å²) in [6, 6.07) is -2.75. The van der Waals surface area contributed by atoms with Gasteiger partial charge in [-0.1, -0.05) is 81.0 Å². The third-order valence-corrected chi connectivity index (χ3v) is 11.8. The van der Waals surface area contributed by atoms with E-state index in [-0.39, 0.29) is 42.7 Å². The first-order chi connectivity index (χ1) is 25.0. The summed E-state index contributed by atoms with van der Waals surface area (Å²) in [6.45, 7) is 15.8. The molecule has 4 rings (SSSR count). The van der Waals surface area contributed by atoms with Crippen LogP contribution in [-0.4, -0.2) is 86.2 Å². The number of rotatable bonds is 14. The molecule has 3 saturated heterocycles. The van der Waals surface area contributed by atoms with Crippen LogP contribution < -0.4 is 0 Å². The lowest BCUT2D eigenvalue weighted by molar-refractivity contribution is -0.289. The molecule has 1 aliphatic carbocycles. The summed E-state index contributed by atoms with van der Waals surface area (Å²) in [5, 5.41) is 19.9. The first-order valence-corrected chi connectivity index (χ1v) is 18.1. The molecule has 0 bridgehead atoms. The lowest BCUT2D eigenvalue weighted by Crippen LogP contribution is -2.58. The molecule has 4 aliphatic rings. The molecule has 0 radical (unpaired) electrons. The second kappa shape index (κ2) is 18.9. The quantitative estimate of drug-likeness (QED) is 0.0959. The average Bonchev–Trinajstić information content (AvgIpc) is 3.43. The normalized spacial score (nSPS) is 44.5. The van der Waals surface area contributed by atoms with E-state index in [1.165, 1.54) is 0 Å². The van der Waals surface area contributed by atoms with Crippen molar-refractivity contribution in [3.8, 4) is 0 Å². The molecular formula is C31H51N15O6. The Kier molecular flexibility index (Phi) is 14.9. The van der Waals surface area contributed by atoms with Crippen LogP contribution in [0.1, 0.15) is 74.7 Å². The molecule has 286 valence electrons. The summed E-state index contributed by atoms with van der Waals surface area (Å²) in [6.07, 6.45) is -4.71. The van der Waals surface area contributed by atoms with Crippen molar-refractivity contribution in [1.29, 1.82) is 0 Å². The fourth-order valence-electron chi connectivity index (χ4n) is 8.13. The van der Waals surface area contributed by atoms with E-state index in [4.69, 9.17) is 34.0 Å². The van der Waals surface area contributed by atoms with Gasteiger partial charge in [-0.15, -0.1) is 0 Å². The van der Waals surface area contributed by atoms with Gasteiger partial charge in [0.2, 0.25) is 0 Å².